The second-order valence-corrected chi connectivity index (χ2v) is 13.4. The molecular formula is C26H23N3O10S4. The number of aromatic nitrogens is 1. The number of allylic oxidation sites excluding steroid dienone is 1. The molecule has 43 heavy (non-hydrogen) atoms. The Morgan fingerprint density at radius 2 is 1.67 bits per heavy atom. The van der Waals surface area contributed by atoms with Crippen molar-refractivity contribution in [1.29, 1.82) is 0 Å². The third kappa shape index (κ3) is 6.02. The lowest BCUT2D eigenvalue weighted by Gasteiger charge is -2.23. The third-order valence-electron chi connectivity index (χ3n) is 6.44. The minimum atomic E-state index is -1.31. The summed E-state index contributed by atoms with van der Waals surface area (Å²) in [6.07, 6.45) is 1.46. The Bertz CT molecular complexity index is 1810. The predicted molar refractivity (Wildman–Crippen MR) is 163 cm³/mol. The molecule has 1 amide bonds. The smallest absolute Gasteiger partial charge is 0.323 e. The van der Waals surface area contributed by atoms with Gasteiger partial charge < -0.3 is 29.7 Å². The lowest BCUT2D eigenvalue weighted by Crippen LogP contribution is -2.36. The quantitative estimate of drug-likeness (QED) is 0.329. The number of carboxylic acids is 3. The number of carbonyl (C=O) groups is 4. The number of nitrogens with zero attached hydrogens (tertiary/aromatic N) is 3. The molecule has 0 atom stereocenters. The molecule has 13 nitrogen and oxygen atoms in total. The highest BCUT2D eigenvalue weighted by atomic mass is 32.2. The van der Waals surface area contributed by atoms with E-state index in [9.17, 15) is 39.3 Å². The maximum absolute atomic E-state index is 13.6. The molecule has 0 spiro atoms. The number of carbonyl (C=O) groups excluding carboxylic acids is 1. The first-order valence-electron chi connectivity index (χ1n) is 12.6. The Morgan fingerprint density at radius 1 is 1.00 bits per heavy atom. The molecule has 2 aromatic rings. The zero-order valence-corrected chi connectivity index (χ0v) is 25.8. The summed E-state index contributed by atoms with van der Waals surface area (Å²) in [5.41, 5.74) is 0.755. The Labute approximate surface area is 260 Å². The van der Waals surface area contributed by atoms with Crippen LogP contribution in [-0.2, 0) is 25.7 Å². The van der Waals surface area contributed by atoms with Gasteiger partial charge in [-0.2, -0.15) is 0 Å². The summed E-state index contributed by atoms with van der Waals surface area (Å²) in [5, 5.41) is 28.8. The van der Waals surface area contributed by atoms with Crippen molar-refractivity contribution in [2.75, 3.05) is 24.8 Å². The van der Waals surface area contributed by atoms with E-state index >= 15 is 0 Å². The molecule has 3 N–H and O–H groups in total. The number of thiazole rings is 1. The topological polar surface area (TPSA) is 176 Å². The van der Waals surface area contributed by atoms with E-state index in [-0.39, 0.29) is 44.1 Å². The lowest BCUT2D eigenvalue weighted by atomic mass is 10.0. The number of fused-ring (bicyclic) bond motifs is 2. The van der Waals surface area contributed by atoms with Crippen molar-refractivity contribution < 1.29 is 44.0 Å². The fourth-order valence-electron chi connectivity index (χ4n) is 4.50. The zero-order valence-electron chi connectivity index (χ0n) is 22.5. The summed E-state index contributed by atoms with van der Waals surface area (Å²) in [6, 6.07) is 3.60. The minimum Gasteiger partial charge on any atom is -0.481 e. The molecule has 1 fully saturated rings. The number of thioether (sulfide) groups is 2. The van der Waals surface area contributed by atoms with Gasteiger partial charge in [-0.25, -0.2) is 0 Å². The van der Waals surface area contributed by atoms with Gasteiger partial charge in [0.1, 0.15) is 27.0 Å². The Balaban J connectivity index is 1.70. The van der Waals surface area contributed by atoms with Gasteiger partial charge in [0.15, 0.2) is 11.5 Å². The van der Waals surface area contributed by atoms with E-state index in [0.717, 1.165) is 43.1 Å². The van der Waals surface area contributed by atoms with Gasteiger partial charge in [0.25, 0.3) is 11.5 Å². The average molecular weight is 666 g/mol. The summed E-state index contributed by atoms with van der Waals surface area (Å²) < 4.78 is 12.2. The number of aliphatic carboxylic acids is 3. The van der Waals surface area contributed by atoms with Crippen LogP contribution in [0, 0.1) is 5.92 Å². The number of rotatable bonds is 9. The highest BCUT2D eigenvalue weighted by molar-refractivity contribution is 8.30. The number of benzene rings is 1. The molecule has 0 aliphatic carbocycles. The van der Waals surface area contributed by atoms with Gasteiger partial charge in [0.2, 0.25) is 6.79 Å². The van der Waals surface area contributed by atoms with Crippen molar-refractivity contribution in [3.8, 4) is 11.5 Å². The van der Waals surface area contributed by atoms with E-state index in [4.69, 9.17) is 21.7 Å². The van der Waals surface area contributed by atoms with Crippen LogP contribution in [-0.4, -0.2) is 72.8 Å². The first kappa shape index (κ1) is 30.7. The summed E-state index contributed by atoms with van der Waals surface area (Å²) in [5.74, 6) is -3.39. The number of hydrogen-bond acceptors (Lipinski definition) is 12. The number of anilines is 1. The molecule has 17 heteroatoms. The molecule has 5 rings (SSSR count). The second-order valence-electron chi connectivity index (χ2n) is 9.67. The Kier molecular flexibility index (Phi) is 8.60. The van der Waals surface area contributed by atoms with E-state index in [2.05, 4.69) is 0 Å². The molecule has 0 saturated carbocycles. The molecule has 0 bridgehead atoms. The largest absolute Gasteiger partial charge is 0.481 e. The van der Waals surface area contributed by atoms with E-state index < -0.39 is 42.5 Å². The zero-order chi connectivity index (χ0) is 31.2. The average Bonchev–Trinajstić information content (AvgIpc) is 3.66. The number of carboxylic acid groups (broad SMARTS) is 3. The molecule has 4 heterocycles. The van der Waals surface area contributed by atoms with Crippen molar-refractivity contribution >= 4 is 91.9 Å². The fraction of sp³-hybridized carbons (Fsp3) is 0.308. The molecule has 226 valence electrons. The standard InChI is InChI=1S/C26H23N3O10S4/c1-11(2)12(24-27(4-3-18(30)31)13-6-14-15(39-10-38-14)7-16(13)41-24)5-17-22(36)28(8-19(32)33)25(42-17)21-23(37)29(9-20(34)35)26(40)43-21/h5-7,11H,3-4,8-10H2,1-2H3,(H,30,31)(H,32,33)(H,34,35)/b17-5+,24-12+,25-21-. The van der Waals surface area contributed by atoms with Crippen molar-refractivity contribution in [2.45, 2.75) is 31.7 Å². The monoisotopic (exact) mass is 665 g/mol. The minimum absolute atomic E-state index is 0.0188. The summed E-state index contributed by atoms with van der Waals surface area (Å²) in [4.78, 5) is 64.7. The summed E-state index contributed by atoms with van der Waals surface area (Å²) in [6.45, 7) is 2.62. The maximum atomic E-state index is 13.6. The molecular weight excluding hydrogens is 643 g/mol. The molecule has 1 saturated heterocycles. The summed E-state index contributed by atoms with van der Waals surface area (Å²) >= 11 is 8.27. The Morgan fingerprint density at radius 3 is 2.30 bits per heavy atom. The van der Waals surface area contributed by atoms with Crippen LogP contribution in [0.15, 0.2) is 32.4 Å². The summed E-state index contributed by atoms with van der Waals surface area (Å²) in [7, 11) is 0. The van der Waals surface area contributed by atoms with Gasteiger partial charge in [-0.1, -0.05) is 49.6 Å². The number of hydrogen-bond donors (Lipinski definition) is 3. The first-order valence-corrected chi connectivity index (χ1v) is 15.5. The highest BCUT2D eigenvalue weighted by Gasteiger charge is 2.36. The highest BCUT2D eigenvalue weighted by Crippen LogP contribution is 2.53. The second kappa shape index (κ2) is 12.1. The fourth-order valence-corrected chi connectivity index (χ4v) is 8.36. The van der Waals surface area contributed by atoms with Crippen LogP contribution in [0.3, 0.4) is 0 Å². The van der Waals surface area contributed by atoms with Crippen LogP contribution in [0.25, 0.3) is 11.0 Å². The number of amides is 1. The van der Waals surface area contributed by atoms with E-state index in [1.807, 2.05) is 24.8 Å². The van der Waals surface area contributed by atoms with Crippen molar-refractivity contribution in [3.05, 3.63) is 42.3 Å². The Hall–Kier alpha value is -3.80. The number of thiocarbonyl (C=S) groups is 1. The van der Waals surface area contributed by atoms with Gasteiger partial charge in [-0.05, 0) is 17.6 Å². The van der Waals surface area contributed by atoms with Crippen LogP contribution < -0.4 is 29.1 Å². The normalized spacial score (nSPS) is 18.6. The van der Waals surface area contributed by atoms with Gasteiger partial charge in [-0.3, -0.25) is 33.4 Å². The molecule has 1 aromatic heterocycles. The lowest BCUT2D eigenvalue weighted by molar-refractivity contribution is -0.140. The van der Waals surface area contributed by atoms with Crippen LogP contribution in [0.5, 0.6) is 11.5 Å². The molecule has 3 aliphatic rings. The van der Waals surface area contributed by atoms with Crippen LogP contribution in [0.1, 0.15) is 20.3 Å². The third-order valence-corrected chi connectivity index (χ3v) is 10.3. The van der Waals surface area contributed by atoms with Crippen LogP contribution in [0.4, 0.5) is 5.69 Å². The molecule has 0 radical (unpaired) electrons. The first-order chi connectivity index (χ1) is 20.3. The SMILES string of the molecule is CC(C)C(/C=c1/s/c(=C2\SC(=S)N(CC(=O)O)C2=O)n(CC(=O)O)c1=O)=C1/Sc2cc3c(cc2N1CCC(=O)O)OCO3. The maximum Gasteiger partial charge on any atom is 0.323 e. The number of ether oxygens (including phenoxy) is 2. The van der Waals surface area contributed by atoms with Crippen LogP contribution >= 0.6 is 47.1 Å². The van der Waals surface area contributed by atoms with E-state index in [0.29, 0.717) is 22.1 Å². The van der Waals surface area contributed by atoms with Gasteiger partial charge in [0, 0.05) is 23.6 Å². The van der Waals surface area contributed by atoms with Gasteiger partial charge >= 0.3 is 17.9 Å². The van der Waals surface area contributed by atoms with Gasteiger partial charge in [-0.15, -0.1) is 11.3 Å². The van der Waals surface area contributed by atoms with Crippen LogP contribution in [0.2, 0.25) is 0 Å². The van der Waals surface area contributed by atoms with Gasteiger partial charge in [0.05, 0.1) is 21.7 Å². The van der Waals surface area contributed by atoms with E-state index in [1.54, 1.807) is 12.1 Å². The van der Waals surface area contributed by atoms with Crippen molar-refractivity contribution in [1.82, 2.24) is 9.47 Å². The molecule has 1 aromatic carbocycles. The van der Waals surface area contributed by atoms with E-state index in [1.165, 1.54) is 11.8 Å². The molecule has 3 aliphatic heterocycles. The van der Waals surface area contributed by atoms with Crippen molar-refractivity contribution in [2.24, 2.45) is 5.92 Å². The molecule has 0 unspecified atom stereocenters. The predicted octanol–water partition coefficient (Wildman–Crippen LogP) is 1.51. The van der Waals surface area contributed by atoms with Crippen molar-refractivity contribution in [3.63, 3.8) is 0 Å².